The van der Waals surface area contributed by atoms with Gasteiger partial charge < -0.3 is 10.8 Å². The fraction of sp³-hybridized carbons (Fsp3) is 0.750. The predicted octanol–water partition coefficient (Wildman–Crippen LogP) is 0.548. The van der Waals surface area contributed by atoms with Gasteiger partial charge in [0.25, 0.3) is 0 Å². The Morgan fingerprint density at radius 2 is 2.08 bits per heavy atom. The maximum Gasteiger partial charge on any atom is 0.320 e. The van der Waals surface area contributed by atoms with E-state index in [1.165, 1.54) is 0 Å². The Labute approximate surface area is 71.8 Å². The van der Waals surface area contributed by atoms with Crippen LogP contribution in [0.2, 0.25) is 0 Å². The molecule has 0 bridgehead atoms. The molecule has 1 atom stereocenters. The van der Waals surface area contributed by atoms with E-state index in [4.69, 9.17) is 10.8 Å². The zero-order valence-electron chi connectivity index (χ0n) is 7.25. The lowest BCUT2D eigenvalue weighted by molar-refractivity contribution is -0.140. The molecule has 0 saturated heterocycles. The summed E-state index contributed by atoms with van der Waals surface area (Å²) < 4.78 is 0. The molecule has 0 saturated carbocycles. The first-order chi connectivity index (χ1) is 5.57. The lowest BCUT2D eigenvalue weighted by atomic mass is 10.1. The van der Waals surface area contributed by atoms with E-state index in [0.29, 0.717) is 6.42 Å². The Hall–Kier alpha value is -0.900. The highest BCUT2D eigenvalue weighted by molar-refractivity contribution is 5.85. The molecule has 0 aromatic carbocycles. The molecule has 0 radical (unpaired) electrons. The van der Waals surface area contributed by atoms with Crippen LogP contribution in [-0.2, 0) is 9.59 Å². The first-order valence-electron chi connectivity index (χ1n) is 4.08. The van der Waals surface area contributed by atoms with E-state index in [0.717, 1.165) is 12.8 Å². The molecular formula is C8H15NO3. The van der Waals surface area contributed by atoms with Gasteiger partial charge in [0.05, 0.1) is 0 Å². The van der Waals surface area contributed by atoms with Gasteiger partial charge >= 0.3 is 5.97 Å². The molecule has 70 valence electrons. The average molecular weight is 173 g/mol. The smallest absolute Gasteiger partial charge is 0.320 e. The highest BCUT2D eigenvalue weighted by Crippen LogP contribution is 2.00. The number of hydrogen-bond acceptors (Lipinski definition) is 3. The third kappa shape index (κ3) is 4.85. The minimum absolute atomic E-state index is 0.0463. The summed E-state index contributed by atoms with van der Waals surface area (Å²) in [6.45, 7) is 1.98. The number of nitrogens with two attached hydrogens (primary N) is 1. The molecule has 0 aliphatic carbocycles. The minimum atomic E-state index is -1.11. The third-order valence-electron chi connectivity index (χ3n) is 1.57. The molecule has 0 fully saturated rings. The number of ketones is 1. The Bertz CT molecular complexity index is 168. The monoisotopic (exact) mass is 173 g/mol. The van der Waals surface area contributed by atoms with Gasteiger partial charge in [0.1, 0.15) is 11.8 Å². The molecule has 3 N–H and O–H groups in total. The molecule has 0 unspecified atom stereocenters. The summed E-state index contributed by atoms with van der Waals surface area (Å²) in [6, 6.07) is -1.03. The molecule has 0 heterocycles. The van der Waals surface area contributed by atoms with Crippen molar-refractivity contribution in [2.45, 2.75) is 38.6 Å². The van der Waals surface area contributed by atoms with E-state index < -0.39 is 12.0 Å². The molecule has 0 aromatic heterocycles. The summed E-state index contributed by atoms with van der Waals surface area (Å²) in [5.74, 6) is -1.17. The Balaban J connectivity index is 3.61. The normalized spacial score (nSPS) is 12.5. The number of carbonyl (C=O) groups excluding carboxylic acids is 1. The molecule has 0 spiro atoms. The number of rotatable bonds is 6. The van der Waals surface area contributed by atoms with E-state index in [1.807, 2.05) is 6.92 Å². The van der Waals surface area contributed by atoms with Crippen LogP contribution in [0.4, 0.5) is 0 Å². The van der Waals surface area contributed by atoms with Crippen molar-refractivity contribution in [2.75, 3.05) is 0 Å². The Kier molecular flexibility index (Phi) is 5.28. The molecule has 4 heteroatoms. The minimum Gasteiger partial charge on any atom is -0.480 e. The van der Waals surface area contributed by atoms with Gasteiger partial charge in [-0.15, -0.1) is 0 Å². The van der Waals surface area contributed by atoms with Crippen molar-refractivity contribution in [1.29, 1.82) is 0 Å². The molecule has 0 amide bonds. The van der Waals surface area contributed by atoms with Gasteiger partial charge in [-0.1, -0.05) is 13.3 Å². The van der Waals surface area contributed by atoms with Crippen LogP contribution in [-0.4, -0.2) is 22.9 Å². The van der Waals surface area contributed by atoms with Crippen LogP contribution in [0.5, 0.6) is 0 Å². The van der Waals surface area contributed by atoms with Gasteiger partial charge in [0.2, 0.25) is 0 Å². The number of carboxylic acid groups (broad SMARTS) is 1. The lowest BCUT2D eigenvalue weighted by Gasteiger charge is -2.03. The highest BCUT2D eigenvalue weighted by Gasteiger charge is 2.15. The first-order valence-corrected chi connectivity index (χ1v) is 4.08. The number of Topliss-reactive ketones (excluding diaryl/α,β-unsaturated/α-hetero) is 1. The van der Waals surface area contributed by atoms with Gasteiger partial charge in [-0.25, -0.2) is 0 Å². The van der Waals surface area contributed by atoms with Crippen molar-refractivity contribution in [1.82, 2.24) is 0 Å². The predicted molar refractivity (Wildman–Crippen MR) is 44.8 cm³/mol. The van der Waals surface area contributed by atoms with Crippen LogP contribution >= 0.6 is 0 Å². The molecule has 4 nitrogen and oxygen atoms in total. The standard InChI is InChI=1S/C8H15NO3/c1-2-3-4-6(10)5-7(9)8(11)12/h7H,2-5,9H2,1H3,(H,11,12)/t7-/m0/s1. The van der Waals surface area contributed by atoms with Crippen molar-refractivity contribution in [3.8, 4) is 0 Å². The largest absolute Gasteiger partial charge is 0.480 e. The van der Waals surface area contributed by atoms with Gasteiger partial charge in [-0.2, -0.15) is 0 Å². The first kappa shape index (κ1) is 11.1. The average Bonchev–Trinajstić information content (AvgIpc) is 2.00. The van der Waals surface area contributed by atoms with Crippen LogP contribution in [0.15, 0.2) is 0 Å². The highest BCUT2D eigenvalue weighted by atomic mass is 16.4. The summed E-state index contributed by atoms with van der Waals surface area (Å²) in [7, 11) is 0. The summed E-state index contributed by atoms with van der Waals surface area (Å²) in [5.41, 5.74) is 5.17. The Morgan fingerprint density at radius 3 is 2.50 bits per heavy atom. The number of unbranched alkanes of at least 4 members (excludes halogenated alkanes) is 1. The summed E-state index contributed by atoms with van der Waals surface area (Å²) in [6.07, 6.45) is 2.14. The third-order valence-corrected chi connectivity index (χ3v) is 1.57. The molecular weight excluding hydrogens is 158 g/mol. The van der Waals surface area contributed by atoms with Crippen molar-refractivity contribution in [2.24, 2.45) is 5.73 Å². The molecule has 0 rings (SSSR count). The second-order valence-electron chi connectivity index (χ2n) is 2.79. The van der Waals surface area contributed by atoms with Crippen LogP contribution in [0.3, 0.4) is 0 Å². The zero-order chi connectivity index (χ0) is 9.56. The summed E-state index contributed by atoms with van der Waals surface area (Å²) in [4.78, 5) is 21.2. The number of carbonyl (C=O) groups is 2. The number of carboxylic acids is 1. The van der Waals surface area contributed by atoms with Crippen LogP contribution in [0.1, 0.15) is 32.6 Å². The van der Waals surface area contributed by atoms with Crippen molar-refractivity contribution in [3.05, 3.63) is 0 Å². The fourth-order valence-corrected chi connectivity index (χ4v) is 0.809. The molecule has 0 aromatic rings. The van der Waals surface area contributed by atoms with Crippen molar-refractivity contribution >= 4 is 11.8 Å². The van der Waals surface area contributed by atoms with E-state index in [1.54, 1.807) is 0 Å². The van der Waals surface area contributed by atoms with Crippen LogP contribution in [0.25, 0.3) is 0 Å². The summed E-state index contributed by atoms with van der Waals surface area (Å²) in [5, 5.41) is 8.38. The van der Waals surface area contributed by atoms with Crippen LogP contribution in [0, 0.1) is 0 Å². The lowest BCUT2D eigenvalue weighted by Crippen LogP contribution is -2.32. The van der Waals surface area contributed by atoms with E-state index in [-0.39, 0.29) is 12.2 Å². The second kappa shape index (κ2) is 5.71. The molecule has 0 aliphatic rings. The van der Waals surface area contributed by atoms with E-state index in [2.05, 4.69) is 0 Å². The van der Waals surface area contributed by atoms with Gasteiger partial charge in [0, 0.05) is 12.8 Å². The Morgan fingerprint density at radius 1 is 1.50 bits per heavy atom. The number of aliphatic carboxylic acids is 1. The van der Waals surface area contributed by atoms with Crippen molar-refractivity contribution in [3.63, 3.8) is 0 Å². The molecule has 0 aliphatic heterocycles. The summed E-state index contributed by atoms with van der Waals surface area (Å²) >= 11 is 0. The van der Waals surface area contributed by atoms with Crippen molar-refractivity contribution < 1.29 is 14.7 Å². The fourth-order valence-electron chi connectivity index (χ4n) is 0.809. The second-order valence-corrected chi connectivity index (χ2v) is 2.79. The van der Waals surface area contributed by atoms with Crippen LogP contribution < -0.4 is 5.73 Å². The van der Waals surface area contributed by atoms with E-state index >= 15 is 0 Å². The van der Waals surface area contributed by atoms with Gasteiger partial charge in [-0.05, 0) is 6.42 Å². The zero-order valence-corrected chi connectivity index (χ0v) is 7.25. The van der Waals surface area contributed by atoms with Gasteiger partial charge in [0.15, 0.2) is 0 Å². The maximum atomic E-state index is 11.0. The van der Waals surface area contributed by atoms with E-state index in [9.17, 15) is 9.59 Å². The topological polar surface area (TPSA) is 80.4 Å². The maximum absolute atomic E-state index is 11.0. The number of hydrogen-bond donors (Lipinski definition) is 2. The van der Waals surface area contributed by atoms with Gasteiger partial charge in [-0.3, -0.25) is 9.59 Å². The molecule has 12 heavy (non-hydrogen) atoms. The SMILES string of the molecule is CCCCC(=O)C[C@H](N)C(=O)O. The quantitative estimate of drug-likeness (QED) is 0.614.